The molecule has 0 saturated carbocycles. The van der Waals surface area contributed by atoms with Crippen molar-refractivity contribution in [3.63, 3.8) is 0 Å². The normalized spacial score (nSPS) is 12.6. The van der Waals surface area contributed by atoms with Crippen LogP contribution in [0.2, 0.25) is 0 Å². The molecule has 0 aliphatic heterocycles. The fraction of sp³-hybridized carbons (Fsp3) is 0.357. The molecule has 1 N–H and O–H groups in total. The van der Waals surface area contributed by atoms with Crippen LogP contribution in [0.1, 0.15) is 20.8 Å². The summed E-state index contributed by atoms with van der Waals surface area (Å²) in [6.45, 7) is 6.36. The third kappa shape index (κ3) is 2.65. The van der Waals surface area contributed by atoms with Gasteiger partial charge in [-0.25, -0.2) is 0 Å². The molecule has 1 aromatic heterocycles. The highest BCUT2D eigenvalue weighted by molar-refractivity contribution is 5.99. The lowest BCUT2D eigenvalue weighted by Crippen LogP contribution is -2.21. The van der Waals surface area contributed by atoms with Crippen molar-refractivity contribution in [2.75, 3.05) is 5.32 Å². The van der Waals surface area contributed by atoms with Crippen molar-refractivity contribution in [2.45, 2.75) is 26.8 Å². The Labute approximate surface area is 111 Å². The second kappa shape index (κ2) is 5.22. The highest BCUT2D eigenvalue weighted by Crippen LogP contribution is 2.31. The van der Waals surface area contributed by atoms with Crippen molar-refractivity contribution in [3.8, 4) is 0 Å². The Morgan fingerprint density at radius 1 is 1.21 bits per heavy atom. The van der Waals surface area contributed by atoms with E-state index in [2.05, 4.69) is 31.1 Å². The number of nitro benzene ring substituents is 1. The third-order valence-corrected chi connectivity index (χ3v) is 3.37. The monoisotopic (exact) mass is 259 g/mol. The second-order valence-electron chi connectivity index (χ2n) is 4.99. The van der Waals surface area contributed by atoms with E-state index in [4.69, 9.17) is 0 Å². The van der Waals surface area contributed by atoms with E-state index < -0.39 is 0 Å². The van der Waals surface area contributed by atoms with E-state index >= 15 is 0 Å². The summed E-state index contributed by atoms with van der Waals surface area (Å²) in [6, 6.07) is 5.38. The smallest absolute Gasteiger partial charge is 0.278 e. The van der Waals surface area contributed by atoms with Gasteiger partial charge in [-0.1, -0.05) is 13.8 Å². The van der Waals surface area contributed by atoms with Gasteiger partial charge in [0.15, 0.2) is 0 Å². The number of benzene rings is 1. The molecule has 1 heterocycles. The van der Waals surface area contributed by atoms with Crippen LogP contribution in [0.25, 0.3) is 10.8 Å². The van der Waals surface area contributed by atoms with Gasteiger partial charge in [0.05, 0.1) is 10.3 Å². The Hall–Kier alpha value is -2.17. The van der Waals surface area contributed by atoms with Crippen LogP contribution in [0.5, 0.6) is 0 Å². The molecule has 19 heavy (non-hydrogen) atoms. The lowest BCUT2D eigenvalue weighted by molar-refractivity contribution is -0.383. The Kier molecular flexibility index (Phi) is 3.64. The molecular weight excluding hydrogens is 242 g/mol. The number of pyridine rings is 1. The first-order valence-corrected chi connectivity index (χ1v) is 6.28. The summed E-state index contributed by atoms with van der Waals surface area (Å²) in [4.78, 5) is 14.6. The Morgan fingerprint density at radius 2 is 1.95 bits per heavy atom. The summed E-state index contributed by atoms with van der Waals surface area (Å²) in [7, 11) is 0. The van der Waals surface area contributed by atoms with Crippen molar-refractivity contribution in [3.05, 3.63) is 40.7 Å². The molecule has 0 spiro atoms. The van der Waals surface area contributed by atoms with Crippen LogP contribution in [-0.2, 0) is 0 Å². The number of non-ortho nitro benzene ring substituents is 1. The summed E-state index contributed by atoms with van der Waals surface area (Å²) in [5.41, 5.74) is 0.995. The lowest BCUT2D eigenvalue weighted by Gasteiger charge is -2.20. The summed E-state index contributed by atoms with van der Waals surface area (Å²) in [5.74, 6) is 0.479. The van der Waals surface area contributed by atoms with Crippen LogP contribution < -0.4 is 5.32 Å². The zero-order chi connectivity index (χ0) is 14.0. The second-order valence-corrected chi connectivity index (χ2v) is 4.99. The molecule has 0 bridgehead atoms. The van der Waals surface area contributed by atoms with Crippen LogP contribution in [0.15, 0.2) is 30.6 Å². The molecule has 0 saturated heterocycles. The summed E-state index contributed by atoms with van der Waals surface area (Å²) < 4.78 is 0. The van der Waals surface area contributed by atoms with Crippen molar-refractivity contribution in [2.24, 2.45) is 5.92 Å². The van der Waals surface area contributed by atoms with E-state index in [0.29, 0.717) is 11.3 Å². The largest absolute Gasteiger partial charge is 0.382 e. The quantitative estimate of drug-likeness (QED) is 0.672. The van der Waals surface area contributed by atoms with Gasteiger partial charge < -0.3 is 5.32 Å². The predicted molar refractivity (Wildman–Crippen MR) is 76.3 cm³/mol. The fourth-order valence-corrected chi connectivity index (χ4v) is 1.87. The predicted octanol–water partition coefficient (Wildman–Crippen LogP) is 3.60. The standard InChI is InChI=1S/C14H17N3O2/c1-9(2)10(3)16-13-4-5-14(17(18)19)12-8-15-7-6-11(12)13/h4-10,16H,1-3H3. The number of hydrogen-bond acceptors (Lipinski definition) is 4. The third-order valence-electron chi connectivity index (χ3n) is 3.37. The minimum atomic E-state index is -0.375. The molecule has 0 aliphatic carbocycles. The molecule has 0 amide bonds. The molecule has 0 fully saturated rings. The van der Waals surface area contributed by atoms with Crippen LogP contribution in [0, 0.1) is 16.0 Å². The van der Waals surface area contributed by atoms with Crippen LogP contribution in [-0.4, -0.2) is 15.9 Å². The highest BCUT2D eigenvalue weighted by atomic mass is 16.6. The van der Waals surface area contributed by atoms with Gasteiger partial charge in [-0.2, -0.15) is 0 Å². The van der Waals surface area contributed by atoms with Crippen LogP contribution in [0.4, 0.5) is 11.4 Å². The number of nitrogens with zero attached hydrogens (tertiary/aromatic N) is 2. The number of anilines is 1. The van der Waals surface area contributed by atoms with Gasteiger partial charge in [-0.05, 0) is 25.0 Å². The van der Waals surface area contributed by atoms with Gasteiger partial charge in [0.25, 0.3) is 5.69 Å². The van der Waals surface area contributed by atoms with Crippen LogP contribution in [0.3, 0.4) is 0 Å². The molecule has 5 nitrogen and oxygen atoms in total. The van der Waals surface area contributed by atoms with Gasteiger partial charge >= 0.3 is 0 Å². The number of aromatic nitrogens is 1. The molecule has 1 aromatic carbocycles. The highest BCUT2D eigenvalue weighted by Gasteiger charge is 2.15. The van der Waals surface area contributed by atoms with Crippen molar-refractivity contribution < 1.29 is 4.92 Å². The van der Waals surface area contributed by atoms with Crippen molar-refractivity contribution in [1.29, 1.82) is 0 Å². The Morgan fingerprint density at radius 3 is 2.58 bits per heavy atom. The average molecular weight is 259 g/mol. The van der Waals surface area contributed by atoms with E-state index in [1.54, 1.807) is 24.5 Å². The number of hydrogen-bond donors (Lipinski definition) is 1. The molecule has 2 rings (SSSR count). The molecule has 100 valence electrons. The number of fused-ring (bicyclic) bond motifs is 1. The first kappa shape index (κ1) is 13.3. The van der Waals surface area contributed by atoms with Crippen LogP contribution >= 0.6 is 0 Å². The Balaban J connectivity index is 2.53. The van der Waals surface area contributed by atoms with E-state index in [0.717, 1.165) is 11.1 Å². The maximum absolute atomic E-state index is 11.0. The minimum absolute atomic E-state index is 0.0888. The minimum Gasteiger partial charge on any atom is -0.382 e. The molecule has 5 heteroatoms. The van der Waals surface area contributed by atoms with Crippen molar-refractivity contribution in [1.82, 2.24) is 4.98 Å². The van der Waals surface area contributed by atoms with Gasteiger partial charge in [0.1, 0.15) is 0 Å². The molecule has 1 atom stereocenters. The van der Waals surface area contributed by atoms with E-state index in [1.807, 2.05) is 0 Å². The van der Waals surface area contributed by atoms with Crippen molar-refractivity contribution >= 4 is 22.1 Å². The first-order chi connectivity index (χ1) is 9.00. The topological polar surface area (TPSA) is 68.1 Å². The van der Waals surface area contributed by atoms with Gasteiger partial charge in [0.2, 0.25) is 0 Å². The van der Waals surface area contributed by atoms with Gasteiger partial charge in [0, 0.05) is 35.6 Å². The molecular formula is C14H17N3O2. The number of nitro groups is 1. The zero-order valence-corrected chi connectivity index (χ0v) is 11.3. The molecule has 0 aliphatic rings. The maximum Gasteiger partial charge on any atom is 0.278 e. The molecule has 0 radical (unpaired) electrons. The molecule has 2 aromatic rings. The average Bonchev–Trinajstić information content (AvgIpc) is 2.38. The Bertz CT molecular complexity index is 611. The first-order valence-electron chi connectivity index (χ1n) is 6.28. The fourth-order valence-electron chi connectivity index (χ4n) is 1.87. The summed E-state index contributed by atoms with van der Waals surface area (Å²) in [6.07, 6.45) is 3.19. The van der Waals surface area contributed by atoms with Gasteiger partial charge in [-0.3, -0.25) is 15.1 Å². The summed E-state index contributed by atoms with van der Waals surface area (Å²) in [5, 5.41) is 15.8. The number of rotatable bonds is 4. The zero-order valence-electron chi connectivity index (χ0n) is 11.3. The van der Waals surface area contributed by atoms with E-state index in [-0.39, 0.29) is 16.7 Å². The van der Waals surface area contributed by atoms with E-state index in [1.165, 1.54) is 6.07 Å². The SMILES string of the molecule is CC(C)C(C)Nc1ccc([N+](=O)[O-])c2cnccc12. The number of nitrogens with one attached hydrogen (secondary N) is 1. The maximum atomic E-state index is 11.0. The van der Waals surface area contributed by atoms with Gasteiger partial charge in [-0.15, -0.1) is 0 Å². The lowest BCUT2D eigenvalue weighted by atomic mass is 10.0. The van der Waals surface area contributed by atoms with E-state index in [9.17, 15) is 10.1 Å². The summed E-state index contributed by atoms with van der Waals surface area (Å²) >= 11 is 0. The molecule has 1 unspecified atom stereocenters.